The Labute approximate surface area is 115 Å². The molecule has 1 aromatic rings. The Bertz CT molecular complexity index is 640. The highest BCUT2D eigenvalue weighted by atomic mass is 32.2. The highest BCUT2D eigenvalue weighted by Crippen LogP contribution is 2.21. The van der Waals surface area contributed by atoms with Gasteiger partial charge in [-0.2, -0.15) is 0 Å². The molecule has 8 nitrogen and oxygen atoms in total. The molecule has 1 aromatic carbocycles. The van der Waals surface area contributed by atoms with Gasteiger partial charge in [0.25, 0.3) is 5.91 Å². The van der Waals surface area contributed by atoms with E-state index in [1.807, 2.05) is 0 Å². The van der Waals surface area contributed by atoms with Crippen LogP contribution in [0.1, 0.15) is 17.3 Å². The van der Waals surface area contributed by atoms with E-state index >= 15 is 0 Å². The summed E-state index contributed by atoms with van der Waals surface area (Å²) in [6.07, 6.45) is 0. The van der Waals surface area contributed by atoms with Crippen LogP contribution in [0.3, 0.4) is 0 Å². The smallest absolute Gasteiger partial charge is 0.325 e. The first-order valence-electron chi connectivity index (χ1n) is 5.41. The molecular formula is C11H14N2O6S. The number of rotatable bonds is 5. The van der Waals surface area contributed by atoms with Crippen LogP contribution in [0, 0.1) is 0 Å². The van der Waals surface area contributed by atoms with Gasteiger partial charge in [-0.1, -0.05) is 0 Å². The van der Waals surface area contributed by atoms with Crippen LogP contribution in [0.15, 0.2) is 23.1 Å². The standard InChI is InChI=1S/C11H14N2O6S/c1-6(11(15)16)13-10(14)8-5-7(20(12,17)18)3-4-9(8)19-2/h3-6H,1-2H3,(H,13,14)(H,15,16)(H2,12,17,18)/t6-/m1/s1. The van der Waals surface area contributed by atoms with Gasteiger partial charge in [0, 0.05) is 0 Å². The monoisotopic (exact) mass is 302 g/mol. The van der Waals surface area contributed by atoms with Gasteiger partial charge in [0.1, 0.15) is 11.8 Å². The molecule has 1 amide bonds. The van der Waals surface area contributed by atoms with E-state index in [1.165, 1.54) is 26.2 Å². The number of aliphatic carboxylic acids is 1. The summed E-state index contributed by atoms with van der Waals surface area (Å²) in [4.78, 5) is 22.3. The highest BCUT2D eigenvalue weighted by molar-refractivity contribution is 7.89. The van der Waals surface area contributed by atoms with Crippen LogP contribution in [0.4, 0.5) is 0 Å². The highest BCUT2D eigenvalue weighted by Gasteiger charge is 2.20. The van der Waals surface area contributed by atoms with Gasteiger partial charge in [-0.15, -0.1) is 0 Å². The maximum absolute atomic E-state index is 11.9. The van der Waals surface area contributed by atoms with Gasteiger partial charge in [0.2, 0.25) is 10.0 Å². The van der Waals surface area contributed by atoms with Gasteiger partial charge in [0.15, 0.2) is 0 Å². The molecular weight excluding hydrogens is 288 g/mol. The summed E-state index contributed by atoms with van der Waals surface area (Å²) in [5.74, 6) is -1.89. The van der Waals surface area contributed by atoms with Crippen molar-refractivity contribution in [2.45, 2.75) is 17.9 Å². The molecule has 0 saturated heterocycles. The fraction of sp³-hybridized carbons (Fsp3) is 0.273. The number of sulfonamides is 1. The third kappa shape index (κ3) is 3.68. The number of carboxylic acid groups (broad SMARTS) is 1. The number of amides is 1. The third-order valence-electron chi connectivity index (χ3n) is 2.46. The minimum Gasteiger partial charge on any atom is -0.496 e. The van der Waals surface area contributed by atoms with Gasteiger partial charge in [-0.3, -0.25) is 9.59 Å². The topological polar surface area (TPSA) is 136 Å². The lowest BCUT2D eigenvalue weighted by Crippen LogP contribution is -2.38. The van der Waals surface area contributed by atoms with E-state index in [0.29, 0.717) is 0 Å². The molecule has 0 bridgehead atoms. The zero-order valence-electron chi connectivity index (χ0n) is 10.8. The Balaban J connectivity index is 3.21. The minimum absolute atomic E-state index is 0.104. The first-order chi connectivity index (χ1) is 9.16. The molecule has 4 N–H and O–H groups in total. The van der Waals surface area contributed by atoms with Gasteiger partial charge >= 0.3 is 5.97 Å². The second-order valence-electron chi connectivity index (χ2n) is 3.94. The SMILES string of the molecule is COc1ccc(S(N)(=O)=O)cc1C(=O)N[C@H](C)C(=O)O. The molecule has 0 radical (unpaired) electrons. The molecule has 9 heteroatoms. The molecule has 0 spiro atoms. The molecule has 0 aliphatic heterocycles. The summed E-state index contributed by atoms with van der Waals surface area (Å²) in [7, 11) is -2.69. The van der Waals surface area contributed by atoms with Gasteiger partial charge in [-0.25, -0.2) is 13.6 Å². The molecule has 0 aromatic heterocycles. The molecule has 1 rings (SSSR count). The van der Waals surface area contributed by atoms with Crippen LogP contribution in [-0.2, 0) is 14.8 Å². The Morgan fingerprint density at radius 2 is 2.00 bits per heavy atom. The lowest BCUT2D eigenvalue weighted by atomic mass is 10.1. The quantitative estimate of drug-likeness (QED) is 0.673. The van der Waals surface area contributed by atoms with Crippen LogP contribution < -0.4 is 15.2 Å². The van der Waals surface area contributed by atoms with Gasteiger partial charge in [-0.05, 0) is 25.1 Å². The zero-order valence-corrected chi connectivity index (χ0v) is 11.6. The van der Waals surface area contributed by atoms with E-state index in [-0.39, 0.29) is 16.2 Å². The van der Waals surface area contributed by atoms with Crippen molar-refractivity contribution < 1.29 is 27.9 Å². The Hall–Kier alpha value is -2.13. The van der Waals surface area contributed by atoms with E-state index in [0.717, 1.165) is 6.07 Å². The predicted octanol–water partition coefficient (Wildman–Crippen LogP) is -0.454. The van der Waals surface area contributed by atoms with E-state index in [9.17, 15) is 18.0 Å². The molecule has 1 atom stereocenters. The largest absolute Gasteiger partial charge is 0.496 e. The molecule has 0 aliphatic carbocycles. The summed E-state index contributed by atoms with van der Waals surface area (Å²) >= 11 is 0. The van der Waals surface area contributed by atoms with Gasteiger partial charge < -0.3 is 15.2 Å². The van der Waals surface area contributed by atoms with Crippen molar-refractivity contribution in [1.29, 1.82) is 0 Å². The van der Waals surface area contributed by atoms with Crippen molar-refractivity contribution in [2.24, 2.45) is 5.14 Å². The number of carbonyl (C=O) groups excluding carboxylic acids is 1. The third-order valence-corrected chi connectivity index (χ3v) is 3.37. The zero-order chi connectivity index (χ0) is 15.5. The van der Waals surface area contributed by atoms with Crippen molar-refractivity contribution in [3.8, 4) is 5.75 Å². The summed E-state index contributed by atoms with van der Waals surface area (Å²) < 4.78 is 27.4. The fourth-order valence-corrected chi connectivity index (χ4v) is 1.92. The number of primary sulfonamides is 1. The van der Waals surface area contributed by atoms with Crippen molar-refractivity contribution >= 4 is 21.9 Å². The Morgan fingerprint density at radius 3 is 2.45 bits per heavy atom. The van der Waals surface area contributed by atoms with Crippen molar-refractivity contribution in [3.63, 3.8) is 0 Å². The van der Waals surface area contributed by atoms with Crippen molar-refractivity contribution in [3.05, 3.63) is 23.8 Å². The average Bonchev–Trinajstić information content (AvgIpc) is 2.36. The predicted molar refractivity (Wildman–Crippen MR) is 68.9 cm³/mol. The maximum Gasteiger partial charge on any atom is 0.325 e. The minimum atomic E-state index is -3.98. The molecule has 110 valence electrons. The van der Waals surface area contributed by atoms with E-state index in [1.54, 1.807) is 0 Å². The summed E-state index contributed by atoms with van der Waals surface area (Å²) in [5, 5.41) is 15.9. The van der Waals surface area contributed by atoms with E-state index in [2.05, 4.69) is 5.32 Å². The van der Waals surface area contributed by atoms with Gasteiger partial charge in [0.05, 0.1) is 17.6 Å². The van der Waals surface area contributed by atoms with Crippen LogP contribution in [0.5, 0.6) is 5.75 Å². The first-order valence-corrected chi connectivity index (χ1v) is 6.96. The number of hydrogen-bond donors (Lipinski definition) is 3. The number of hydrogen-bond acceptors (Lipinski definition) is 5. The fourth-order valence-electron chi connectivity index (χ4n) is 1.38. The number of methoxy groups -OCH3 is 1. The number of nitrogens with two attached hydrogens (primary N) is 1. The molecule has 0 heterocycles. The molecule has 0 saturated carbocycles. The number of nitrogens with one attached hydrogen (secondary N) is 1. The van der Waals surface area contributed by atoms with Crippen LogP contribution in [0.2, 0.25) is 0 Å². The molecule has 0 unspecified atom stereocenters. The van der Waals surface area contributed by atoms with E-state index < -0.39 is 27.9 Å². The van der Waals surface area contributed by atoms with Crippen LogP contribution in [-0.4, -0.2) is 38.6 Å². The number of carbonyl (C=O) groups is 2. The van der Waals surface area contributed by atoms with Crippen molar-refractivity contribution in [1.82, 2.24) is 5.32 Å². The maximum atomic E-state index is 11.9. The first kappa shape index (κ1) is 15.9. The van der Waals surface area contributed by atoms with Crippen LogP contribution in [0.25, 0.3) is 0 Å². The van der Waals surface area contributed by atoms with Crippen molar-refractivity contribution in [2.75, 3.05) is 7.11 Å². The second kappa shape index (κ2) is 5.88. The Kier molecular flexibility index (Phi) is 4.69. The number of ether oxygens (including phenoxy) is 1. The Morgan fingerprint density at radius 1 is 1.40 bits per heavy atom. The van der Waals surface area contributed by atoms with Crippen LogP contribution >= 0.6 is 0 Å². The normalized spacial score (nSPS) is 12.6. The number of carboxylic acids is 1. The number of benzene rings is 1. The lowest BCUT2D eigenvalue weighted by Gasteiger charge is -2.12. The molecule has 0 fully saturated rings. The molecule has 20 heavy (non-hydrogen) atoms. The average molecular weight is 302 g/mol. The second-order valence-corrected chi connectivity index (χ2v) is 5.50. The summed E-state index contributed by atoms with van der Waals surface area (Å²) in [5.41, 5.74) is -0.118. The summed E-state index contributed by atoms with van der Waals surface area (Å²) in [6, 6.07) is 2.34. The lowest BCUT2D eigenvalue weighted by molar-refractivity contribution is -0.138. The molecule has 0 aliphatic rings. The van der Waals surface area contributed by atoms with E-state index in [4.69, 9.17) is 15.0 Å². The summed E-state index contributed by atoms with van der Waals surface area (Å²) in [6.45, 7) is 1.27.